The summed E-state index contributed by atoms with van der Waals surface area (Å²) >= 11 is 3.52. The minimum Gasteiger partial charge on any atom is -0.253 e. The lowest BCUT2D eigenvalue weighted by molar-refractivity contribution is 0.488. The molecular formula is C15H14BrN. The van der Waals surface area contributed by atoms with E-state index >= 15 is 0 Å². The Bertz CT molecular complexity index is 601. The number of nitrogens with zero attached hydrogens (tertiary/aromatic N) is 1. The summed E-state index contributed by atoms with van der Waals surface area (Å²) in [6, 6.07) is 8.74. The van der Waals surface area contributed by atoms with Crippen molar-refractivity contribution < 1.29 is 0 Å². The van der Waals surface area contributed by atoms with Crippen molar-refractivity contribution in [2.75, 3.05) is 0 Å². The molecule has 17 heavy (non-hydrogen) atoms. The van der Waals surface area contributed by atoms with Crippen LogP contribution in [0.1, 0.15) is 24.1 Å². The molecule has 1 nitrogen and oxygen atoms in total. The third-order valence-corrected chi connectivity index (χ3v) is 4.67. The number of hydrogen-bond acceptors (Lipinski definition) is 1. The molecule has 0 radical (unpaired) electrons. The van der Waals surface area contributed by atoms with Crippen LogP contribution in [0, 0.1) is 11.8 Å². The molecule has 0 N–H and O–H groups in total. The lowest BCUT2D eigenvalue weighted by Crippen LogP contribution is -2.01. The minimum absolute atomic E-state index is 0.887. The molecule has 2 aliphatic carbocycles. The fourth-order valence-electron chi connectivity index (χ4n) is 3.08. The molecule has 0 spiro atoms. The smallest absolute Gasteiger partial charge is 0.0716 e. The van der Waals surface area contributed by atoms with Gasteiger partial charge in [0.1, 0.15) is 0 Å². The first-order chi connectivity index (χ1) is 8.29. The summed E-state index contributed by atoms with van der Waals surface area (Å²) < 4.78 is 1.12. The summed E-state index contributed by atoms with van der Waals surface area (Å²) in [7, 11) is 0. The molecule has 1 saturated carbocycles. The second kappa shape index (κ2) is 3.55. The predicted octanol–water partition coefficient (Wildman–Crippen LogP) is 4.12. The largest absolute Gasteiger partial charge is 0.253 e. The van der Waals surface area contributed by atoms with Gasteiger partial charge in [0.25, 0.3) is 0 Å². The fraction of sp³-hybridized carbons (Fsp3) is 0.400. The number of benzene rings is 1. The highest BCUT2D eigenvalue weighted by atomic mass is 79.9. The number of hydrogen-bond donors (Lipinski definition) is 0. The molecule has 1 heterocycles. The molecule has 0 amide bonds. The van der Waals surface area contributed by atoms with E-state index in [1.54, 1.807) is 0 Å². The van der Waals surface area contributed by atoms with Crippen molar-refractivity contribution in [3.63, 3.8) is 0 Å². The maximum absolute atomic E-state index is 4.85. The van der Waals surface area contributed by atoms with Gasteiger partial charge in [-0.15, -0.1) is 0 Å². The second-order valence-electron chi connectivity index (χ2n) is 5.44. The van der Waals surface area contributed by atoms with E-state index in [4.69, 9.17) is 4.98 Å². The van der Waals surface area contributed by atoms with Crippen LogP contribution in [0.5, 0.6) is 0 Å². The molecule has 2 heteroatoms. The Morgan fingerprint density at radius 3 is 2.76 bits per heavy atom. The van der Waals surface area contributed by atoms with Crippen LogP contribution in [0.2, 0.25) is 0 Å². The summed E-state index contributed by atoms with van der Waals surface area (Å²) in [5, 5.41) is 1.28. The number of aromatic nitrogens is 1. The zero-order valence-electron chi connectivity index (χ0n) is 9.62. The van der Waals surface area contributed by atoms with Gasteiger partial charge in [-0.25, -0.2) is 0 Å². The summed E-state index contributed by atoms with van der Waals surface area (Å²) in [5.41, 5.74) is 3.98. The highest BCUT2D eigenvalue weighted by Gasteiger charge is 2.35. The van der Waals surface area contributed by atoms with Crippen molar-refractivity contribution in [1.29, 1.82) is 0 Å². The van der Waals surface area contributed by atoms with E-state index in [0.29, 0.717) is 0 Å². The molecule has 0 aliphatic heterocycles. The van der Waals surface area contributed by atoms with Crippen molar-refractivity contribution in [1.82, 2.24) is 4.98 Å². The molecular weight excluding hydrogens is 274 g/mol. The molecule has 2 aliphatic rings. The van der Waals surface area contributed by atoms with Crippen molar-refractivity contribution in [3.05, 3.63) is 40.0 Å². The number of fused-ring (bicyclic) bond motifs is 2. The standard InChI is InChI=1S/C15H14BrN/c16-13-4-3-10-5-12-6-11(9-1-2-9)7-14(12)17-15(10)8-13/h3-5,8-9,11H,1-2,6-7H2/t11-/m0/s1. The van der Waals surface area contributed by atoms with E-state index in [-0.39, 0.29) is 0 Å². The van der Waals surface area contributed by atoms with Crippen molar-refractivity contribution in [2.45, 2.75) is 25.7 Å². The highest BCUT2D eigenvalue weighted by Crippen LogP contribution is 2.44. The third-order valence-electron chi connectivity index (χ3n) is 4.17. The van der Waals surface area contributed by atoms with Crippen molar-refractivity contribution >= 4 is 26.8 Å². The van der Waals surface area contributed by atoms with Gasteiger partial charge < -0.3 is 0 Å². The molecule has 0 bridgehead atoms. The van der Waals surface area contributed by atoms with E-state index < -0.39 is 0 Å². The van der Waals surface area contributed by atoms with Gasteiger partial charge in [-0.3, -0.25) is 4.98 Å². The maximum Gasteiger partial charge on any atom is 0.0716 e. The van der Waals surface area contributed by atoms with Crippen LogP contribution in [0.3, 0.4) is 0 Å². The van der Waals surface area contributed by atoms with Crippen molar-refractivity contribution in [2.24, 2.45) is 11.8 Å². The molecule has 0 unspecified atom stereocenters. The normalized spacial score (nSPS) is 23.0. The van der Waals surface area contributed by atoms with Crippen LogP contribution < -0.4 is 0 Å². The lowest BCUT2D eigenvalue weighted by Gasteiger charge is -2.03. The first-order valence-corrected chi connectivity index (χ1v) is 7.17. The van der Waals surface area contributed by atoms with E-state index in [1.165, 1.54) is 42.3 Å². The average molecular weight is 288 g/mol. The van der Waals surface area contributed by atoms with Gasteiger partial charge in [-0.05, 0) is 61.3 Å². The second-order valence-corrected chi connectivity index (χ2v) is 6.35. The molecule has 2 aromatic rings. The van der Waals surface area contributed by atoms with Gasteiger partial charge in [-0.1, -0.05) is 22.0 Å². The Morgan fingerprint density at radius 2 is 1.94 bits per heavy atom. The molecule has 4 rings (SSSR count). The SMILES string of the molecule is Brc1ccc2cc3c(nc2c1)C[C@@H](C1CC1)C3. The molecule has 1 fully saturated rings. The van der Waals surface area contributed by atoms with Crippen LogP contribution in [-0.2, 0) is 12.8 Å². The molecule has 0 saturated heterocycles. The van der Waals surface area contributed by atoms with Gasteiger partial charge in [-0.2, -0.15) is 0 Å². The molecule has 1 aromatic carbocycles. The Hall–Kier alpha value is -0.890. The van der Waals surface area contributed by atoms with Gasteiger partial charge in [0.15, 0.2) is 0 Å². The van der Waals surface area contributed by atoms with Gasteiger partial charge in [0, 0.05) is 15.6 Å². The van der Waals surface area contributed by atoms with Crippen molar-refractivity contribution in [3.8, 4) is 0 Å². The maximum atomic E-state index is 4.85. The van der Waals surface area contributed by atoms with E-state index in [0.717, 1.165) is 21.8 Å². The zero-order valence-corrected chi connectivity index (χ0v) is 11.2. The first-order valence-electron chi connectivity index (χ1n) is 6.38. The van der Waals surface area contributed by atoms with Gasteiger partial charge in [0.05, 0.1) is 5.52 Å². The quantitative estimate of drug-likeness (QED) is 0.769. The summed E-state index contributed by atoms with van der Waals surface area (Å²) in [5.74, 6) is 1.89. The van der Waals surface area contributed by atoms with Crippen LogP contribution in [0.4, 0.5) is 0 Å². The number of pyridine rings is 1. The Morgan fingerprint density at radius 1 is 1.06 bits per heavy atom. The van der Waals surface area contributed by atoms with Gasteiger partial charge in [0.2, 0.25) is 0 Å². The molecule has 1 aromatic heterocycles. The monoisotopic (exact) mass is 287 g/mol. The zero-order chi connectivity index (χ0) is 11.4. The summed E-state index contributed by atoms with van der Waals surface area (Å²) in [6.07, 6.45) is 5.37. The number of halogens is 1. The first kappa shape index (κ1) is 10.1. The summed E-state index contributed by atoms with van der Waals surface area (Å²) in [4.78, 5) is 4.85. The van der Waals surface area contributed by atoms with E-state index in [9.17, 15) is 0 Å². The third kappa shape index (κ3) is 1.70. The van der Waals surface area contributed by atoms with Crippen LogP contribution in [-0.4, -0.2) is 4.98 Å². The van der Waals surface area contributed by atoms with E-state index in [1.807, 2.05) is 0 Å². The van der Waals surface area contributed by atoms with Gasteiger partial charge >= 0.3 is 0 Å². The number of rotatable bonds is 1. The lowest BCUT2D eigenvalue weighted by atomic mass is 10.0. The fourth-order valence-corrected chi connectivity index (χ4v) is 3.43. The summed E-state index contributed by atoms with van der Waals surface area (Å²) in [6.45, 7) is 0. The molecule has 1 atom stereocenters. The molecule has 86 valence electrons. The van der Waals surface area contributed by atoms with Crippen LogP contribution in [0.25, 0.3) is 10.9 Å². The Kier molecular flexibility index (Phi) is 2.10. The Balaban J connectivity index is 1.81. The highest BCUT2D eigenvalue weighted by molar-refractivity contribution is 9.10. The topological polar surface area (TPSA) is 12.9 Å². The van der Waals surface area contributed by atoms with E-state index in [2.05, 4.69) is 40.2 Å². The average Bonchev–Trinajstić information content (AvgIpc) is 3.07. The predicted molar refractivity (Wildman–Crippen MR) is 73.1 cm³/mol. The van der Waals surface area contributed by atoms with Crippen LogP contribution >= 0.6 is 15.9 Å². The van der Waals surface area contributed by atoms with Crippen LogP contribution in [0.15, 0.2) is 28.7 Å². The Labute approximate surface area is 109 Å². The minimum atomic E-state index is 0.887.